The minimum absolute atomic E-state index is 0.194. The largest absolute Gasteiger partial charge is 0.459 e. The molecule has 140 valence electrons. The Bertz CT molecular complexity index is 528. The van der Waals surface area contributed by atoms with Crippen molar-refractivity contribution in [2.45, 2.75) is 64.7 Å². The van der Waals surface area contributed by atoms with E-state index in [1.54, 1.807) is 20.8 Å². The van der Waals surface area contributed by atoms with E-state index in [0.29, 0.717) is 6.42 Å². The standard InChI is InChI=1S/C19H28INO4/c1-19(2,3)25-18(23)21-16(12-8-5-9-13-20)17(22)24-14-15-10-6-4-7-11-15/h4,6-7,10-11,16H,5,8-9,12-14H2,1-3H3,(H,21,23). The molecule has 1 unspecified atom stereocenters. The summed E-state index contributed by atoms with van der Waals surface area (Å²) in [6.45, 7) is 5.56. The Morgan fingerprint density at radius 3 is 2.40 bits per heavy atom. The first-order chi connectivity index (χ1) is 11.8. The second-order valence-corrected chi connectivity index (χ2v) is 7.91. The van der Waals surface area contributed by atoms with Crippen LogP contribution in [0.15, 0.2) is 30.3 Å². The highest BCUT2D eigenvalue weighted by Gasteiger charge is 2.25. The molecule has 0 aliphatic carbocycles. The van der Waals surface area contributed by atoms with Gasteiger partial charge >= 0.3 is 12.1 Å². The molecule has 1 aromatic carbocycles. The zero-order valence-corrected chi connectivity index (χ0v) is 17.4. The first-order valence-electron chi connectivity index (χ1n) is 8.58. The maximum Gasteiger partial charge on any atom is 0.408 e. The van der Waals surface area contributed by atoms with Crippen molar-refractivity contribution in [1.82, 2.24) is 5.32 Å². The molecule has 25 heavy (non-hydrogen) atoms. The molecule has 1 atom stereocenters. The normalized spacial score (nSPS) is 12.3. The number of carbonyl (C=O) groups excluding carboxylic acids is 2. The van der Waals surface area contributed by atoms with Gasteiger partial charge in [0.05, 0.1) is 0 Å². The molecule has 0 spiro atoms. The average molecular weight is 461 g/mol. The lowest BCUT2D eigenvalue weighted by Gasteiger charge is -2.23. The van der Waals surface area contributed by atoms with E-state index < -0.39 is 23.7 Å². The monoisotopic (exact) mass is 461 g/mol. The van der Waals surface area contributed by atoms with Crippen LogP contribution in [0.3, 0.4) is 0 Å². The molecule has 0 bridgehead atoms. The van der Waals surface area contributed by atoms with Crippen LogP contribution in [-0.2, 0) is 20.9 Å². The van der Waals surface area contributed by atoms with Crippen LogP contribution >= 0.6 is 22.6 Å². The molecular weight excluding hydrogens is 433 g/mol. The van der Waals surface area contributed by atoms with Gasteiger partial charge in [0.25, 0.3) is 0 Å². The number of alkyl carbamates (subject to hydrolysis) is 1. The van der Waals surface area contributed by atoms with Gasteiger partial charge in [-0.25, -0.2) is 9.59 Å². The number of alkyl halides is 1. The number of amides is 1. The van der Waals surface area contributed by atoms with E-state index in [1.807, 2.05) is 30.3 Å². The van der Waals surface area contributed by atoms with Gasteiger partial charge in [0, 0.05) is 0 Å². The minimum atomic E-state index is -0.687. The quantitative estimate of drug-likeness (QED) is 0.252. The second kappa shape index (κ2) is 11.3. The third kappa shape index (κ3) is 10.3. The van der Waals surface area contributed by atoms with Gasteiger partial charge in [0.1, 0.15) is 18.2 Å². The van der Waals surface area contributed by atoms with Crippen molar-refractivity contribution in [1.29, 1.82) is 0 Å². The Morgan fingerprint density at radius 2 is 1.80 bits per heavy atom. The van der Waals surface area contributed by atoms with Gasteiger partial charge in [-0.15, -0.1) is 0 Å². The van der Waals surface area contributed by atoms with Crippen molar-refractivity contribution >= 4 is 34.7 Å². The highest BCUT2D eigenvalue weighted by Crippen LogP contribution is 2.11. The lowest BCUT2D eigenvalue weighted by molar-refractivity contribution is -0.147. The Labute approximate surface area is 164 Å². The Hall–Kier alpha value is -1.31. The summed E-state index contributed by atoms with van der Waals surface area (Å²) in [6.07, 6.45) is 2.91. The number of hydrogen-bond donors (Lipinski definition) is 1. The number of rotatable bonds is 9. The van der Waals surface area contributed by atoms with Crippen LogP contribution in [0.25, 0.3) is 0 Å². The molecule has 1 N–H and O–H groups in total. The number of esters is 1. The highest BCUT2D eigenvalue weighted by atomic mass is 127. The maximum absolute atomic E-state index is 12.4. The van der Waals surface area contributed by atoms with Gasteiger partial charge in [-0.05, 0) is 43.6 Å². The number of halogens is 1. The third-order valence-electron chi connectivity index (χ3n) is 3.33. The average Bonchev–Trinajstić information content (AvgIpc) is 2.54. The second-order valence-electron chi connectivity index (χ2n) is 6.83. The summed E-state index contributed by atoms with van der Waals surface area (Å²) < 4.78 is 11.7. The van der Waals surface area contributed by atoms with Crippen molar-refractivity contribution in [3.05, 3.63) is 35.9 Å². The topological polar surface area (TPSA) is 64.6 Å². The predicted molar refractivity (Wildman–Crippen MR) is 107 cm³/mol. The fraction of sp³-hybridized carbons (Fsp3) is 0.579. The summed E-state index contributed by atoms with van der Waals surface area (Å²) in [4.78, 5) is 24.4. The van der Waals surface area contributed by atoms with Crippen LogP contribution in [0.5, 0.6) is 0 Å². The minimum Gasteiger partial charge on any atom is -0.459 e. The van der Waals surface area contributed by atoms with E-state index >= 15 is 0 Å². The molecule has 5 nitrogen and oxygen atoms in total. The van der Waals surface area contributed by atoms with E-state index in [4.69, 9.17) is 9.47 Å². The van der Waals surface area contributed by atoms with Crippen molar-refractivity contribution in [2.75, 3.05) is 4.43 Å². The van der Waals surface area contributed by atoms with Gasteiger partial charge in [-0.2, -0.15) is 0 Å². The van der Waals surface area contributed by atoms with Gasteiger partial charge in [-0.1, -0.05) is 65.8 Å². The Kier molecular flexibility index (Phi) is 9.85. The Balaban J connectivity index is 2.58. The van der Waals surface area contributed by atoms with E-state index in [1.165, 1.54) is 0 Å². The molecule has 0 heterocycles. The van der Waals surface area contributed by atoms with Crippen LogP contribution < -0.4 is 5.32 Å². The summed E-state index contributed by atoms with van der Waals surface area (Å²) in [7, 11) is 0. The zero-order chi connectivity index (χ0) is 18.7. The zero-order valence-electron chi connectivity index (χ0n) is 15.2. The summed E-state index contributed by atoms with van der Waals surface area (Å²) in [5.74, 6) is -0.427. The van der Waals surface area contributed by atoms with Crippen LogP contribution in [0.2, 0.25) is 0 Å². The number of unbranched alkanes of at least 4 members (excludes halogenated alkanes) is 2. The smallest absolute Gasteiger partial charge is 0.408 e. The van der Waals surface area contributed by atoms with Crippen LogP contribution in [0.4, 0.5) is 4.79 Å². The molecule has 1 rings (SSSR count). The maximum atomic E-state index is 12.4. The lowest BCUT2D eigenvalue weighted by Crippen LogP contribution is -2.44. The van der Waals surface area contributed by atoms with Gasteiger partial charge < -0.3 is 14.8 Å². The number of carbonyl (C=O) groups is 2. The van der Waals surface area contributed by atoms with E-state index in [9.17, 15) is 9.59 Å². The molecule has 0 aliphatic rings. The fourth-order valence-corrected chi connectivity index (χ4v) is 2.69. The molecule has 0 saturated carbocycles. The lowest BCUT2D eigenvalue weighted by atomic mass is 10.1. The first-order valence-corrected chi connectivity index (χ1v) is 10.1. The number of hydrogen-bond acceptors (Lipinski definition) is 4. The van der Waals surface area contributed by atoms with Gasteiger partial charge in [0.15, 0.2) is 0 Å². The molecular formula is C19H28INO4. The van der Waals surface area contributed by atoms with Gasteiger partial charge in [0.2, 0.25) is 0 Å². The number of ether oxygens (including phenoxy) is 2. The SMILES string of the molecule is CC(C)(C)OC(=O)NC(CCCCCI)C(=O)OCc1ccccc1. The van der Waals surface area contributed by atoms with Crippen LogP contribution in [0, 0.1) is 0 Å². The first kappa shape index (κ1) is 21.7. The van der Waals surface area contributed by atoms with Gasteiger partial charge in [-0.3, -0.25) is 0 Å². The van der Waals surface area contributed by atoms with Crippen molar-refractivity contribution in [3.8, 4) is 0 Å². The number of benzene rings is 1. The van der Waals surface area contributed by atoms with Crippen LogP contribution in [0.1, 0.15) is 52.0 Å². The molecule has 0 aliphatic heterocycles. The fourth-order valence-electron chi connectivity index (χ4n) is 2.15. The van der Waals surface area contributed by atoms with E-state index in [-0.39, 0.29) is 6.61 Å². The third-order valence-corrected chi connectivity index (χ3v) is 4.09. The summed E-state index contributed by atoms with van der Waals surface area (Å²) in [5, 5.41) is 2.65. The summed E-state index contributed by atoms with van der Waals surface area (Å²) in [5.41, 5.74) is 0.306. The highest BCUT2D eigenvalue weighted by molar-refractivity contribution is 14.1. The molecule has 0 aromatic heterocycles. The molecule has 0 radical (unpaired) electrons. The molecule has 1 amide bonds. The van der Waals surface area contributed by atoms with Crippen molar-refractivity contribution < 1.29 is 19.1 Å². The van der Waals surface area contributed by atoms with Crippen molar-refractivity contribution in [2.24, 2.45) is 0 Å². The molecule has 1 aromatic rings. The predicted octanol–water partition coefficient (Wildman–Crippen LogP) is 4.62. The van der Waals surface area contributed by atoms with E-state index in [0.717, 1.165) is 29.3 Å². The molecule has 0 saturated heterocycles. The molecule has 6 heteroatoms. The summed E-state index contributed by atoms with van der Waals surface area (Å²) in [6, 6.07) is 8.79. The molecule has 0 fully saturated rings. The van der Waals surface area contributed by atoms with E-state index in [2.05, 4.69) is 27.9 Å². The summed E-state index contributed by atoms with van der Waals surface area (Å²) >= 11 is 2.33. The number of nitrogens with one attached hydrogen (secondary N) is 1. The Morgan fingerprint density at radius 1 is 1.12 bits per heavy atom. The van der Waals surface area contributed by atoms with Crippen LogP contribution in [-0.4, -0.2) is 28.1 Å². The van der Waals surface area contributed by atoms with Crippen molar-refractivity contribution in [3.63, 3.8) is 0 Å².